The second kappa shape index (κ2) is 9.47. The molecule has 0 saturated carbocycles. The van der Waals surface area contributed by atoms with Crippen LogP contribution in [0.1, 0.15) is 5.56 Å². The average Bonchev–Trinajstić information content (AvgIpc) is 2.53. The highest BCUT2D eigenvalue weighted by atomic mass is 16.5. The van der Waals surface area contributed by atoms with E-state index in [2.05, 4.69) is 30.3 Å². The van der Waals surface area contributed by atoms with Gasteiger partial charge in [0.05, 0.1) is 46.2 Å². The van der Waals surface area contributed by atoms with Crippen molar-refractivity contribution < 1.29 is 19.3 Å². The van der Waals surface area contributed by atoms with E-state index < -0.39 is 0 Å². The van der Waals surface area contributed by atoms with Crippen LogP contribution in [0.5, 0.6) is 0 Å². The maximum atomic E-state index is 8.53. The zero-order valence-corrected chi connectivity index (χ0v) is 12.2. The summed E-state index contributed by atoms with van der Waals surface area (Å²) >= 11 is 0. The molecule has 21 heavy (non-hydrogen) atoms. The summed E-state index contributed by atoms with van der Waals surface area (Å²) in [5.74, 6) is 0. The Hall–Kier alpha value is -1.46. The van der Waals surface area contributed by atoms with Gasteiger partial charge in [-0.3, -0.25) is 0 Å². The van der Waals surface area contributed by atoms with Gasteiger partial charge in [0, 0.05) is 0 Å². The average molecular weight is 290 g/mol. The summed E-state index contributed by atoms with van der Waals surface area (Å²) in [5.41, 5.74) is 1.17. The van der Waals surface area contributed by atoms with Crippen molar-refractivity contribution in [3.05, 3.63) is 48.0 Å². The molecule has 0 bridgehead atoms. The first-order chi connectivity index (χ1) is 10.4. The van der Waals surface area contributed by atoms with Gasteiger partial charge in [0.15, 0.2) is 0 Å². The van der Waals surface area contributed by atoms with Crippen LogP contribution in [0.2, 0.25) is 0 Å². The molecule has 0 amide bonds. The van der Waals surface area contributed by atoms with Crippen LogP contribution in [0, 0.1) is 0 Å². The van der Waals surface area contributed by atoms with Crippen molar-refractivity contribution in [3.63, 3.8) is 0 Å². The van der Waals surface area contributed by atoms with Gasteiger partial charge in [0.2, 0.25) is 0 Å². The Kier molecular flexibility index (Phi) is 7.18. The fraction of sp³-hybridized carbons (Fsp3) is 0.412. The molecule has 1 N–H and O–H groups in total. The Balaban J connectivity index is 1.59. The van der Waals surface area contributed by atoms with Crippen LogP contribution in [0.3, 0.4) is 0 Å². The van der Waals surface area contributed by atoms with E-state index in [0.717, 1.165) is 0 Å². The molecule has 0 aromatic heterocycles. The maximum absolute atomic E-state index is 8.53. The maximum Gasteiger partial charge on any atom is 0.0718 e. The minimum atomic E-state index is 0.0505. The Morgan fingerprint density at radius 3 is 2.14 bits per heavy atom. The minimum absolute atomic E-state index is 0.0505. The summed E-state index contributed by atoms with van der Waals surface area (Å²) in [5, 5.41) is 11.0. The van der Waals surface area contributed by atoms with Crippen LogP contribution in [-0.2, 0) is 20.8 Å². The summed E-state index contributed by atoms with van der Waals surface area (Å²) in [6.45, 7) is 3.15. The van der Waals surface area contributed by atoms with Gasteiger partial charge in [0.25, 0.3) is 0 Å². The summed E-state index contributed by atoms with van der Waals surface area (Å²) in [4.78, 5) is 0. The highest BCUT2D eigenvalue weighted by Gasteiger charge is 1.97. The number of hydrogen-bond donors (Lipinski definition) is 1. The topological polar surface area (TPSA) is 47.9 Å². The molecule has 0 aliphatic rings. The molecular weight excluding hydrogens is 268 g/mol. The molecule has 0 aliphatic carbocycles. The van der Waals surface area contributed by atoms with E-state index in [-0.39, 0.29) is 6.61 Å². The zero-order chi connectivity index (χ0) is 14.8. The molecule has 4 heteroatoms. The second-order valence-electron chi connectivity index (χ2n) is 4.68. The molecule has 0 fully saturated rings. The molecule has 114 valence electrons. The molecule has 2 aromatic carbocycles. The second-order valence-corrected chi connectivity index (χ2v) is 4.68. The van der Waals surface area contributed by atoms with Crippen molar-refractivity contribution in [1.29, 1.82) is 0 Å². The predicted octanol–water partition coefficient (Wildman–Crippen LogP) is 2.38. The third-order valence-corrected chi connectivity index (χ3v) is 3.06. The van der Waals surface area contributed by atoms with Crippen LogP contribution >= 0.6 is 0 Å². The molecule has 0 saturated heterocycles. The van der Waals surface area contributed by atoms with Gasteiger partial charge >= 0.3 is 0 Å². The van der Waals surface area contributed by atoms with Crippen molar-refractivity contribution in [3.8, 4) is 0 Å². The monoisotopic (exact) mass is 290 g/mol. The molecule has 4 nitrogen and oxygen atoms in total. The number of fused-ring (bicyclic) bond motifs is 1. The lowest BCUT2D eigenvalue weighted by Gasteiger charge is -2.07. The van der Waals surface area contributed by atoms with Crippen molar-refractivity contribution in [1.82, 2.24) is 0 Å². The number of benzene rings is 2. The third-order valence-electron chi connectivity index (χ3n) is 3.06. The van der Waals surface area contributed by atoms with Crippen molar-refractivity contribution in [2.75, 3.05) is 39.6 Å². The molecule has 0 heterocycles. The first-order valence-electron chi connectivity index (χ1n) is 7.22. The SMILES string of the molecule is OCCOCCOCCOCc1ccc2ccccc2c1. The van der Waals surface area contributed by atoms with E-state index in [1.54, 1.807) is 0 Å². The fourth-order valence-corrected chi connectivity index (χ4v) is 2.02. The summed E-state index contributed by atoms with van der Waals surface area (Å²) in [6.07, 6.45) is 0. The van der Waals surface area contributed by atoms with Crippen molar-refractivity contribution >= 4 is 10.8 Å². The van der Waals surface area contributed by atoms with Crippen LogP contribution in [0.15, 0.2) is 42.5 Å². The third kappa shape index (κ3) is 5.81. The number of aliphatic hydroxyl groups excluding tert-OH is 1. The Morgan fingerprint density at radius 2 is 1.38 bits per heavy atom. The molecule has 2 rings (SSSR count). The lowest BCUT2D eigenvalue weighted by molar-refractivity contribution is 0.00452. The highest BCUT2D eigenvalue weighted by molar-refractivity contribution is 5.82. The van der Waals surface area contributed by atoms with E-state index in [9.17, 15) is 0 Å². The Labute approximate surface area is 125 Å². The van der Waals surface area contributed by atoms with Gasteiger partial charge in [-0.15, -0.1) is 0 Å². The van der Waals surface area contributed by atoms with Crippen molar-refractivity contribution in [2.24, 2.45) is 0 Å². The lowest BCUT2D eigenvalue weighted by atomic mass is 10.1. The van der Waals surface area contributed by atoms with E-state index in [0.29, 0.717) is 39.6 Å². The van der Waals surface area contributed by atoms with Gasteiger partial charge in [0.1, 0.15) is 0 Å². The van der Waals surface area contributed by atoms with Gasteiger partial charge in [-0.1, -0.05) is 36.4 Å². The summed E-state index contributed by atoms with van der Waals surface area (Å²) < 4.78 is 16.0. The molecule has 0 atom stereocenters. The first-order valence-corrected chi connectivity index (χ1v) is 7.22. The van der Waals surface area contributed by atoms with Gasteiger partial charge in [-0.2, -0.15) is 0 Å². The van der Waals surface area contributed by atoms with Gasteiger partial charge in [-0.05, 0) is 22.4 Å². The summed E-state index contributed by atoms with van der Waals surface area (Å²) in [7, 11) is 0. The smallest absolute Gasteiger partial charge is 0.0718 e. The molecule has 0 radical (unpaired) electrons. The Morgan fingerprint density at radius 1 is 0.714 bits per heavy atom. The molecular formula is C17H22O4. The largest absolute Gasteiger partial charge is 0.394 e. The Bertz CT molecular complexity index is 527. The first kappa shape index (κ1) is 15.9. The quantitative estimate of drug-likeness (QED) is 0.683. The van der Waals surface area contributed by atoms with Crippen LogP contribution < -0.4 is 0 Å². The van der Waals surface area contributed by atoms with Crippen LogP contribution in [-0.4, -0.2) is 44.7 Å². The summed E-state index contributed by atoms with van der Waals surface area (Å²) in [6, 6.07) is 14.6. The number of aliphatic hydroxyl groups is 1. The van der Waals surface area contributed by atoms with Crippen LogP contribution in [0.25, 0.3) is 10.8 Å². The van der Waals surface area contributed by atoms with Gasteiger partial charge < -0.3 is 19.3 Å². The molecule has 0 unspecified atom stereocenters. The number of ether oxygens (including phenoxy) is 3. The lowest BCUT2D eigenvalue weighted by Crippen LogP contribution is -2.10. The number of hydrogen-bond acceptors (Lipinski definition) is 4. The van der Waals surface area contributed by atoms with E-state index in [4.69, 9.17) is 19.3 Å². The molecule has 0 aliphatic heterocycles. The molecule has 2 aromatic rings. The fourth-order valence-electron chi connectivity index (χ4n) is 2.02. The number of rotatable bonds is 10. The normalized spacial score (nSPS) is 11.1. The molecule has 0 spiro atoms. The zero-order valence-electron chi connectivity index (χ0n) is 12.2. The predicted molar refractivity (Wildman–Crippen MR) is 82.3 cm³/mol. The highest BCUT2D eigenvalue weighted by Crippen LogP contribution is 2.16. The van der Waals surface area contributed by atoms with Gasteiger partial charge in [-0.25, -0.2) is 0 Å². The van der Waals surface area contributed by atoms with E-state index in [1.165, 1.54) is 16.3 Å². The van der Waals surface area contributed by atoms with Crippen molar-refractivity contribution in [2.45, 2.75) is 6.61 Å². The minimum Gasteiger partial charge on any atom is -0.394 e. The van der Waals surface area contributed by atoms with E-state index in [1.807, 2.05) is 12.1 Å². The standard InChI is InChI=1S/C17H22O4/c18-7-8-19-9-10-20-11-12-21-14-15-5-6-16-3-1-2-4-17(16)13-15/h1-6,13,18H,7-12,14H2. The van der Waals surface area contributed by atoms with E-state index >= 15 is 0 Å². The van der Waals surface area contributed by atoms with Crippen LogP contribution in [0.4, 0.5) is 0 Å².